The molecular formula is C10H27NOSi3. The van der Waals surface area contributed by atoms with Crippen LogP contribution in [-0.4, -0.2) is 36.3 Å². The van der Waals surface area contributed by atoms with Gasteiger partial charge in [0, 0.05) is 13.2 Å². The first-order valence-corrected chi connectivity index (χ1v) is 16.4. The Kier molecular flexibility index (Phi) is 4.04. The van der Waals surface area contributed by atoms with E-state index in [1.807, 2.05) is 0 Å². The Balaban J connectivity index is 2.73. The van der Waals surface area contributed by atoms with Crippen molar-refractivity contribution < 1.29 is 4.43 Å². The molecule has 5 heteroatoms. The predicted octanol–water partition coefficient (Wildman–Crippen LogP) is 1.74. The minimum atomic E-state index is -1.48. The topological polar surface area (TPSA) is 21.3 Å². The van der Waals surface area contributed by atoms with Gasteiger partial charge in [0.15, 0.2) is 0 Å². The van der Waals surface area contributed by atoms with Gasteiger partial charge in [-0.3, -0.25) is 0 Å². The lowest BCUT2D eigenvalue weighted by Gasteiger charge is -2.48. The maximum atomic E-state index is 6.42. The van der Waals surface area contributed by atoms with Gasteiger partial charge in [0.05, 0.1) is 8.55 Å². The Hall–Kier alpha value is 0.571. The highest BCUT2D eigenvalue weighted by Crippen LogP contribution is 2.32. The number of hydrogen-bond acceptors (Lipinski definition) is 2. The Morgan fingerprint density at radius 3 is 2.40 bits per heavy atom. The zero-order valence-electron chi connectivity index (χ0n) is 11.2. The van der Waals surface area contributed by atoms with Crippen LogP contribution >= 0.6 is 0 Å². The van der Waals surface area contributed by atoms with Gasteiger partial charge in [0.2, 0.25) is 8.00 Å². The highest BCUT2D eigenvalue weighted by Gasteiger charge is 2.48. The highest BCUT2D eigenvalue weighted by atomic mass is 29.6. The SMILES string of the molecule is CCCN[Si]1(C)OC(C)(C)C[Si](C)(C)[SiH2]1. The first-order valence-electron chi connectivity index (χ1n) is 6.13. The van der Waals surface area contributed by atoms with Crippen LogP contribution in [-0.2, 0) is 4.43 Å². The minimum Gasteiger partial charge on any atom is -0.402 e. The molecule has 0 aromatic carbocycles. The molecule has 1 aliphatic heterocycles. The van der Waals surface area contributed by atoms with E-state index < -0.39 is 15.6 Å². The molecule has 90 valence electrons. The van der Waals surface area contributed by atoms with Crippen molar-refractivity contribution in [1.29, 1.82) is 0 Å². The first-order chi connectivity index (χ1) is 6.68. The second-order valence-electron chi connectivity index (χ2n) is 6.54. The van der Waals surface area contributed by atoms with Crippen LogP contribution in [0.4, 0.5) is 0 Å². The molecule has 0 radical (unpaired) electrons. The average molecular weight is 262 g/mol. The third-order valence-electron chi connectivity index (χ3n) is 2.97. The molecule has 0 saturated carbocycles. The second kappa shape index (κ2) is 4.44. The molecule has 0 aromatic rings. The average Bonchev–Trinajstić information content (AvgIpc) is 1.93. The molecule has 1 saturated heterocycles. The monoisotopic (exact) mass is 261 g/mol. The molecule has 1 fully saturated rings. The molecule has 1 aliphatic rings. The fraction of sp³-hybridized carbons (Fsp3) is 1.00. The van der Waals surface area contributed by atoms with Gasteiger partial charge in [-0.15, -0.1) is 0 Å². The van der Waals surface area contributed by atoms with Crippen molar-refractivity contribution in [3.05, 3.63) is 0 Å². The summed E-state index contributed by atoms with van der Waals surface area (Å²) in [5, 5.41) is 0. The lowest BCUT2D eigenvalue weighted by Crippen LogP contribution is -2.71. The molecule has 1 unspecified atom stereocenters. The maximum absolute atomic E-state index is 6.42. The fourth-order valence-electron chi connectivity index (χ4n) is 3.30. The Labute approximate surface area is 98.8 Å². The zero-order chi connectivity index (χ0) is 11.7. The van der Waals surface area contributed by atoms with Crippen LogP contribution in [0, 0.1) is 0 Å². The van der Waals surface area contributed by atoms with Gasteiger partial charge >= 0.3 is 0 Å². The molecule has 15 heavy (non-hydrogen) atoms. The van der Waals surface area contributed by atoms with Crippen LogP contribution in [0.1, 0.15) is 27.2 Å². The van der Waals surface area contributed by atoms with E-state index in [1.54, 1.807) is 0 Å². The summed E-state index contributed by atoms with van der Waals surface area (Å²) in [6.07, 6.45) is 1.22. The highest BCUT2D eigenvalue weighted by molar-refractivity contribution is 7.51. The van der Waals surface area contributed by atoms with E-state index in [-0.39, 0.29) is 14.2 Å². The van der Waals surface area contributed by atoms with Gasteiger partial charge in [-0.05, 0) is 39.4 Å². The van der Waals surface area contributed by atoms with E-state index in [0.29, 0.717) is 0 Å². The molecule has 0 amide bonds. The van der Waals surface area contributed by atoms with Crippen LogP contribution in [0.5, 0.6) is 0 Å². The molecule has 1 heterocycles. The third kappa shape index (κ3) is 4.14. The van der Waals surface area contributed by atoms with Gasteiger partial charge in [-0.2, -0.15) is 0 Å². The largest absolute Gasteiger partial charge is 0.402 e. The molecular weight excluding hydrogens is 234 g/mol. The molecule has 1 rings (SSSR count). The van der Waals surface area contributed by atoms with Crippen LogP contribution in [0.25, 0.3) is 0 Å². The van der Waals surface area contributed by atoms with Gasteiger partial charge < -0.3 is 9.41 Å². The number of hydrogen-bond donors (Lipinski definition) is 1. The second-order valence-corrected chi connectivity index (χ2v) is 28.6. The van der Waals surface area contributed by atoms with Gasteiger partial charge in [-0.25, -0.2) is 0 Å². The lowest BCUT2D eigenvalue weighted by molar-refractivity contribution is 0.117. The zero-order valence-corrected chi connectivity index (χ0v) is 14.7. The van der Waals surface area contributed by atoms with E-state index in [0.717, 1.165) is 6.54 Å². The molecule has 1 N–H and O–H groups in total. The standard InChI is InChI=1S/C10H27NOSi3/c1-7-8-11-15(6)12-10(2,3)9-14(4,5)13-15/h11H,7-9,13H2,1-6H3. The van der Waals surface area contributed by atoms with Crippen molar-refractivity contribution >= 4 is 24.1 Å². The maximum Gasteiger partial charge on any atom is 0.238 e. The van der Waals surface area contributed by atoms with E-state index in [9.17, 15) is 0 Å². The number of nitrogens with one attached hydrogen (secondary N) is 1. The van der Waals surface area contributed by atoms with Gasteiger partial charge in [0.25, 0.3) is 0 Å². The Bertz CT molecular complexity index is 215. The van der Waals surface area contributed by atoms with Crippen LogP contribution in [0.2, 0.25) is 25.7 Å². The molecule has 0 aliphatic carbocycles. The summed E-state index contributed by atoms with van der Waals surface area (Å²) in [4.78, 5) is 3.77. The van der Waals surface area contributed by atoms with Crippen molar-refractivity contribution in [2.75, 3.05) is 6.54 Å². The summed E-state index contributed by atoms with van der Waals surface area (Å²) in [6.45, 7) is 15.5. The van der Waals surface area contributed by atoms with Crippen LogP contribution < -0.4 is 4.98 Å². The molecule has 1 atom stereocenters. The number of rotatable bonds is 3. The van der Waals surface area contributed by atoms with E-state index in [2.05, 4.69) is 45.4 Å². The lowest BCUT2D eigenvalue weighted by atomic mass is 10.2. The summed E-state index contributed by atoms with van der Waals surface area (Å²) < 4.78 is 6.42. The van der Waals surface area contributed by atoms with Crippen LogP contribution in [0.15, 0.2) is 0 Å². The Morgan fingerprint density at radius 2 is 1.93 bits per heavy atom. The van der Waals surface area contributed by atoms with E-state index in [4.69, 9.17) is 4.43 Å². The molecule has 2 nitrogen and oxygen atoms in total. The minimum absolute atomic E-state index is 0.00927. The molecule has 0 spiro atoms. The normalized spacial score (nSPS) is 35.6. The van der Waals surface area contributed by atoms with Crippen molar-refractivity contribution in [3.8, 4) is 0 Å². The first kappa shape index (κ1) is 13.6. The van der Waals surface area contributed by atoms with Crippen molar-refractivity contribution in [3.63, 3.8) is 0 Å². The van der Waals surface area contributed by atoms with Crippen molar-refractivity contribution in [1.82, 2.24) is 4.98 Å². The summed E-state index contributed by atoms with van der Waals surface area (Å²) in [5.74, 6) is 0. The van der Waals surface area contributed by atoms with Crippen LogP contribution in [0.3, 0.4) is 0 Å². The van der Waals surface area contributed by atoms with E-state index in [1.165, 1.54) is 12.5 Å². The predicted molar refractivity (Wildman–Crippen MR) is 75.9 cm³/mol. The van der Waals surface area contributed by atoms with Crippen molar-refractivity contribution in [2.45, 2.75) is 58.5 Å². The molecule has 0 bridgehead atoms. The van der Waals surface area contributed by atoms with Crippen molar-refractivity contribution in [2.24, 2.45) is 0 Å². The van der Waals surface area contributed by atoms with Gasteiger partial charge in [0.1, 0.15) is 0 Å². The summed E-state index contributed by atoms with van der Waals surface area (Å²) in [7, 11) is -2.37. The molecule has 0 aromatic heterocycles. The quantitative estimate of drug-likeness (QED) is 0.782. The third-order valence-corrected chi connectivity index (χ3v) is 29.9. The Morgan fingerprint density at radius 1 is 1.33 bits per heavy atom. The smallest absolute Gasteiger partial charge is 0.238 e. The van der Waals surface area contributed by atoms with Gasteiger partial charge in [-0.1, -0.05) is 20.0 Å². The van der Waals surface area contributed by atoms with E-state index >= 15 is 0 Å². The summed E-state index contributed by atoms with van der Waals surface area (Å²) in [6, 6.07) is 1.36. The summed E-state index contributed by atoms with van der Waals surface area (Å²) in [5.41, 5.74) is 0.142. The summed E-state index contributed by atoms with van der Waals surface area (Å²) >= 11 is 0. The fourth-order valence-corrected chi connectivity index (χ4v) is 39.4.